The molecule has 1 aliphatic rings. The van der Waals surface area contributed by atoms with Gasteiger partial charge in [0.05, 0.1) is 12.7 Å². The molecule has 0 aliphatic heterocycles. The average molecular weight is 364 g/mol. The molecule has 0 amide bonds. The molecule has 0 heterocycles. The first-order valence-corrected chi connectivity index (χ1v) is 9.31. The first-order valence-electron chi connectivity index (χ1n) is 9.31. The van der Waals surface area contributed by atoms with E-state index in [-0.39, 0.29) is 24.0 Å². The summed E-state index contributed by atoms with van der Waals surface area (Å²) in [6.45, 7) is 6.90. The number of hydrogen-bond acceptors (Lipinski definition) is 4. The van der Waals surface area contributed by atoms with Crippen molar-refractivity contribution in [1.29, 1.82) is 0 Å². The summed E-state index contributed by atoms with van der Waals surface area (Å²) in [6.07, 6.45) is 12.5. The second-order valence-corrected chi connectivity index (χ2v) is 7.39. The standard InChI is InChI=1S/C21H32O5/c1-4-26-15-21(2,3)19(23)14-12-16-11-13-18(22)17(16)9-7-5-6-8-10-20(24)25/h5,7,11-14,16-17,19,23H,4,6,8-10,15H2,1-3H3,(H,24,25)/b7-5-,14-12+/t16-,17+,19+/m0/s1. The van der Waals surface area contributed by atoms with E-state index in [1.807, 2.05) is 45.1 Å². The highest BCUT2D eigenvalue weighted by Gasteiger charge is 2.29. The molecule has 5 heteroatoms. The van der Waals surface area contributed by atoms with Crippen LogP contribution < -0.4 is 0 Å². The van der Waals surface area contributed by atoms with Gasteiger partial charge in [0.25, 0.3) is 0 Å². The van der Waals surface area contributed by atoms with Gasteiger partial charge in [-0.15, -0.1) is 0 Å². The summed E-state index contributed by atoms with van der Waals surface area (Å²) in [4.78, 5) is 22.5. The number of aliphatic carboxylic acids is 1. The van der Waals surface area contributed by atoms with Crippen molar-refractivity contribution >= 4 is 11.8 Å². The molecule has 0 aromatic carbocycles. The van der Waals surface area contributed by atoms with Crippen molar-refractivity contribution in [1.82, 2.24) is 0 Å². The number of allylic oxidation sites excluding steroid dienone is 5. The van der Waals surface area contributed by atoms with Crippen LogP contribution in [0.3, 0.4) is 0 Å². The number of carboxylic acids is 1. The third-order valence-corrected chi connectivity index (χ3v) is 4.63. The summed E-state index contributed by atoms with van der Waals surface area (Å²) in [5, 5.41) is 19.0. The van der Waals surface area contributed by atoms with Crippen molar-refractivity contribution in [3.8, 4) is 0 Å². The van der Waals surface area contributed by atoms with Crippen molar-refractivity contribution in [3.05, 3.63) is 36.5 Å². The molecule has 0 aromatic rings. The predicted molar refractivity (Wildman–Crippen MR) is 102 cm³/mol. The number of unbranched alkanes of at least 4 members (excludes halogenated alkanes) is 1. The highest BCUT2D eigenvalue weighted by atomic mass is 16.5. The molecular formula is C21H32O5. The third-order valence-electron chi connectivity index (χ3n) is 4.63. The lowest BCUT2D eigenvalue weighted by molar-refractivity contribution is -0.137. The van der Waals surface area contributed by atoms with E-state index in [1.165, 1.54) is 0 Å². The zero-order chi connectivity index (χ0) is 19.6. The van der Waals surface area contributed by atoms with E-state index in [0.29, 0.717) is 32.5 Å². The Kier molecular flexibility index (Phi) is 9.52. The molecule has 5 nitrogen and oxygen atoms in total. The van der Waals surface area contributed by atoms with Gasteiger partial charge >= 0.3 is 5.97 Å². The fraction of sp³-hybridized carbons (Fsp3) is 0.619. The number of carboxylic acid groups (broad SMARTS) is 1. The third kappa shape index (κ3) is 7.67. The van der Waals surface area contributed by atoms with Gasteiger partial charge in [-0.3, -0.25) is 9.59 Å². The minimum absolute atomic E-state index is 0.0243. The van der Waals surface area contributed by atoms with Crippen molar-refractivity contribution in [2.45, 2.75) is 52.6 Å². The molecule has 26 heavy (non-hydrogen) atoms. The number of ketones is 1. The Balaban J connectivity index is 2.54. The summed E-state index contributed by atoms with van der Waals surface area (Å²) in [7, 11) is 0. The van der Waals surface area contributed by atoms with Gasteiger partial charge < -0.3 is 14.9 Å². The lowest BCUT2D eigenvalue weighted by Crippen LogP contribution is -2.32. The lowest BCUT2D eigenvalue weighted by atomic mass is 9.85. The SMILES string of the molecule is CCOCC(C)(C)[C@H](O)/C=C/[C@@H]1C=CC(=O)[C@@H]1C/C=C\CCCC(=O)O. The van der Waals surface area contributed by atoms with Gasteiger partial charge in [0, 0.05) is 30.3 Å². The van der Waals surface area contributed by atoms with E-state index in [2.05, 4.69) is 0 Å². The summed E-state index contributed by atoms with van der Waals surface area (Å²) >= 11 is 0. The molecule has 0 aromatic heterocycles. The highest BCUT2D eigenvalue weighted by Crippen LogP contribution is 2.29. The van der Waals surface area contributed by atoms with Crippen LogP contribution in [0.25, 0.3) is 0 Å². The Hall–Kier alpha value is -1.72. The zero-order valence-corrected chi connectivity index (χ0v) is 16.1. The number of ether oxygens (including phenoxy) is 1. The molecule has 0 fully saturated rings. The van der Waals surface area contributed by atoms with E-state index in [1.54, 1.807) is 12.2 Å². The molecule has 0 radical (unpaired) electrons. The minimum atomic E-state index is -0.787. The molecule has 146 valence electrons. The Labute approximate surface area is 156 Å². The Morgan fingerprint density at radius 2 is 2.12 bits per heavy atom. The molecule has 0 saturated heterocycles. The second kappa shape index (κ2) is 11.1. The smallest absolute Gasteiger partial charge is 0.303 e. The lowest BCUT2D eigenvalue weighted by Gasteiger charge is -2.28. The molecule has 0 saturated carbocycles. The van der Waals surface area contributed by atoms with Crippen molar-refractivity contribution in [3.63, 3.8) is 0 Å². The highest BCUT2D eigenvalue weighted by molar-refractivity contribution is 5.95. The maximum atomic E-state index is 12.1. The fourth-order valence-corrected chi connectivity index (χ4v) is 2.80. The molecule has 1 aliphatic carbocycles. The normalized spacial score (nSPS) is 21.9. The molecule has 3 atom stereocenters. The summed E-state index contributed by atoms with van der Waals surface area (Å²) < 4.78 is 5.42. The molecule has 0 spiro atoms. The molecule has 2 N–H and O–H groups in total. The van der Waals surface area contributed by atoms with Gasteiger partial charge in [0.15, 0.2) is 5.78 Å². The molecule has 0 bridgehead atoms. The first kappa shape index (κ1) is 22.3. The Morgan fingerprint density at radius 3 is 2.77 bits per heavy atom. The maximum Gasteiger partial charge on any atom is 0.303 e. The largest absolute Gasteiger partial charge is 0.481 e. The van der Waals surface area contributed by atoms with Crippen LogP contribution in [0.5, 0.6) is 0 Å². The number of rotatable bonds is 12. The number of carbonyl (C=O) groups excluding carboxylic acids is 1. The number of aliphatic hydroxyl groups is 1. The van der Waals surface area contributed by atoms with Crippen LogP contribution in [0, 0.1) is 17.3 Å². The number of carbonyl (C=O) groups is 2. The molecule has 1 rings (SSSR count). The minimum Gasteiger partial charge on any atom is -0.481 e. The second-order valence-electron chi connectivity index (χ2n) is 7.39. The zero-order valence-electron chi connectivity index (χ0n) is 16.1. The van der Waals surface area contributed by atoms with Crippen LogP contribution in [-0.2, 0) is 14.3 Å². The van der Waals surface area contributed by atoms with Crippen LogP contribution in [0.15, 0.2) is 36.5 Å². The quantitative estimate of drug-likeness (QED) is 0.409. The van der Waals surface area contributed by atoms with E-state index in [9.17, 15) is 14.7 Å². The van der Waals surface area contributed by atoms with Crippen molar-refractivity contribution < 1.29 is 24.5 Å². The van der Waals surface area contributed by atoms with Crippen LogP contribution in [0.4, 0.5) is 0 Å². The first-order chi connectivity index (χ1) is 12.3. The monoisotopic (exact) mass is 364 g/mol. The summed E-state index contributed by atoms with van der Waals surface area (Å²) in [5.74, 6) is -0.865. The van der Waals surface area contributed by atoms with Crippen LogP contribution in [-0.4, -0.2) is 41.3 Å². The van der Waals surface area contributed by atoms with E-state index >= 15 is 0 Å². The van der Waals surface area contributed by atoms with Gasteiger partial charge in [0.1, 0.15) is 0 Å². The van der Waals surface area contributed by atoms with Crippen LogP contribution >= 0.6 is 0 Å². The summed E-state index contributed by atoms with van der Waals surface area (Å²) in [5.41, 5.74) is -0.390. The van der Waals surface area contributed by atoms with Gasteiger partial charge in [-0.25, -0.2) is 0 Å². The molecule has 0 unspecified atom stereocenters. The Bertz CT molecular complexity index is 545. The van der Waals surface area contributed by atoms with Crippen molar-refractivity contribution in [2.75, 3.05) is 13.2 Å². The predicted octanol–water partition coefficient (Wildman–Crippen LogP) is 3.54. The van der Waals surface area contributed by atoms with E-state index in [0.717, 1.165) is 0 Å². The maximum absolute atomic E-state index is 12.1. The number of aliphatic hydroxyl groups excluding tert-OH is 1. The van der Waals surface area contributed by atoms with Gasteiger partial charge in [0.2, 0.25) is 0 Å². The average Bonchev–Trinajstić information content (AvgIpc) is 2.93. The number of hydrogen-bond donors (Lipinski definition) is 2. The fourth-order valence-electron chi connectivity index (χ4n) is 2.80. The topological polar surface area (TPSA) is 83.8 Å². The van der Waals surface area contributed by atoms with Crippen LogP contribution in [0.2, 0.25) is 0 Å². The van der Waals surface area contributed by atoms with Crippen LogP contribution in [0.1, 0.15) is 46.5 Å². The van der Waals surface area contributed by atoms with Crippen molar-refractivity contribution in [2.24, 2.45) is 17.3 Å². The van der Waals surface area contributed by atoms with Gasteiger partial charge in [-0.05, 0) is 32.3 Å². The summed E-state index contributed by atoms with van der Waals surface area (Å²) in [6, 6.07) is 0. The van der Waals surface area contributed by atoms with Gasteiger partial charge in [-0.1, -0.05) is 44.2 Å². The van der Waals surface area contributed by atoms with E-state index < -0.39 is 17.5 Å². The van der Waals surface area contributed by atoms with Gasteiger partial charge in [-0.2, -0.15) is 0 Å². The van der Waals surface area contributed by atoms with E-state index in [4.69, 9.17) is 9.84 Å². The molecular weight excluding hydrogens is 332 g/mol. The Morgan fingerprint density at radius 1 is 1.38 bits per heavy atom.